The third-order valence-electron chi connectivity index (χ3n) is 2.95. The number of aryl methyl sites for hydroxylation is 1. The van der Waals surface area contributed by atoms with Gasteiger partial charge in [0.1, 0.15) is 0 Å². The van der Waals surface area contributed by atoms with Gasteiger partial charge in [-0.15, -0.1) is 0 Å². The average molecular weight is 327 g/mol. The number of rotatable bonds is 8. The van der Waals surface area contributed by atoms with Crippen molar-refractivity contribution in [3.8, 4) is 6.07 Å². The van der Waals surface area contributed by atoms with Gasteiger partial charge in [0.25, 0.3) is 5.69 Å². The van der Waals surface area contributed by atoms with Gasteiger partial charge >= 0.3 is 0 Å². The molecule has 1 aromatic rings. The van der Waals surface area contributed by atoms with E-state index in [1.54, 1.807) is 6.92 Å². The Bertz CT molecular complexity index is 681. The van der Waals surface area contributed by atoms with Gasteiger partial charge in [-0.2, -0.15) is 9.57 Å². The predicted octanol–water partition coefficient (Wildman–Crippen LogP) is 1.45. The zero-order valence-electron chi connectivity index (χ0n) is 12.4. The number of sulfonamides is 1. The lowest BCUT2D eigenvalue weighted by atomic mass is 10.2. The van der Waals surface area contributed by atoms with E-state index in [-0.39, 0.29) is 31.0 Å². The molecule has 0 aliphatic carbocycles. The van der Waals surface area contributed by atoms with E-state index in [0.29, 0.717) is 5.56 Å². The lowest BCUT2D eigenvalue weighted by molar-refractivity contribution is -0.387. The Morgan fingerprint density at radius 1 is 1.41 bits per heavy atom. The number of benzene rings is 1. The minimum atomic E-state index is -4.08. The molecule has 9 heteroatoms. The number of nitriles is 1. The zero-order chi connectivity index (χ0) is 16.8. The first-order chi connectivity index (χ1) is 10.3. The minimum Gasteiger partial charge on any atom is -0.383 e. The third-order valence-corrected chi connectivity index (χ3v) is 4.89. The molecule has 0 bridgehead atoms. The van der Waals surface area contributed by atoms with Gasteiger partial charge in [0.05, 0.1) is 17.6 Å². The first-order valence-electron chi connectivity index (χ1n) is 6.45. The molecule has 0 spiro atoms. The van der Waals surface area contributed by atoms with Crippen molar-refractivity contribution in [3.63, 3.8) is 0 Å². The summed E-state index contributed by atoms with van der Waals surface area (Å²) in [6, 6.07) is 5.79. The van der Waals surface area contributed by atoms with Gasteiger partial charge in [-0.05, 0) is 18.6 Å². The second-order valence-electron chi connectivity index (χ2n) is 4.53. The van der Waals surface area contributed by atoms with Gasteiger partial charge < -0.3 is 4.74 Å². The van der Waals surface area contributed by atoms with Crippen LogP contribution in [-0.2, 0) is 14.8 Å². The van der Waals surface area contributed by atoms with E-state index >= 15 is 0 Å². The van der Waals surface area contributed by atoms with Gasteiger partial charge in [-0.1, -0.05) is 6.07 Å². The van der Waals surface area contributed by atoms with Crippen molar-refractivity contribution < 1.29 is 18.1 Å². The molecule has 0 aromatic heterocycles. The fourth-order valence-corrected chi connectivity index (χ4v) is 3.41. The molecule has 0 saturated heterocycles. The molecule has 0 aliphatic heterocycles. The van der Waals surface area contributed by atoms with E-state index in [9.17, 15) is 18.5 Å². The summed E-state index contributed by atoms with van der Waals surface area (Å²) in [5.41, 5.74) is 0.116. The van der Waals surface area contributed by atoms with Gasteiger partial charge in [0.15, 0.2) is 4.90 Å². The summed E-state index contributed by atoms with van der Waals surface area (Å²) in [6.45, 7) is 1.74. The second kappa shape index (κ2) is 7.84. The van der Waals surface area contributed by atoms with Gasteiger partial charge in [0.2, 0.25) is 10.0 Å². The highest BCUT2D eigenvalue weighted by Crippen LogP contribution is 2.27. The standard InChI is InChI=1S/C13H17N3O5S/c1-11-4-5-13(12(10-11)16(17)18)22(19,20)15(7-3-6-14)8-9-21-2/h4-5,10H,3,7-9H2,1-2H3. The van der Waals surface area contributed by atoms with Crippen LogP contribution in [0.3, 0.4) is 0 Å². The summed E-state index contributed by atoms with van der Waals surface area (Å²) >= 11 is 0. The zero-order valence-corrected chi connectivity index (χ0v) is 13.2. The largest absolute Gasteiger partial charge is 0.383 e. The van der Waals surface area contributed by atoms with Crippen molar-refractivity contribution >= 4 is 15.7 Å². The Labute approximate surface area is 129 Å². The monoisotopic (exact) mass is 327 g/mol. The lowest BCUT2D eigenvalue weighted by Crippen LogP contribution is -2.35. The summed E-state index contributed by atoms with van der Waals surface area (Å²) in [4.78, 5) is 10.0. The molecule has 0 atom stereocenters. The van der Waals surface area contributed by atoms with Crippen LogP contribution in [-0.4, -0.2) is 44.5 Å². The number of nitrogens with zero attached hydrogens (tertiary/aromatic N) is 3. The topological polar surface area (TPSA) is 114 Å². The Hall–Kier alpha value is -2.02. The molecular weight excluding hydrogens is 310 g/mol. The summed E-state index contributed by atoms with van der Waals surface area (Å²) in [5, 5.41) is 19.8. The molecule has 0 saturated carbocycles. The molecule has 1 rings (SSSR count). The molecule has 1 aromatic carbocycles. The van der Waals surface area contributed by atoms with Crippen molar-refractivity contribution in [2.75, 3.05) is 26.8 Å². The summed E-state index contributed by atoms with van der Waals surface area (Å²) < 4.78 is 31.2. The van der Waals surface area contributed by atoms with Crippen LogP contribution < -0.4 is 0 Å². The van der Waals surface area contributed by atoms with Crippen LogP contribution in [0.25, 0.3) is 0 Å². The number of nitro benzene ring substituents is 1. The normalized spacial score (nSPS) is 11.4. The first kappa shape index (κ1) is 18.0. The molecule has 0 N–H and O–H groups in total. The summed E-state index contributed by atoms with van der Waals surface area (Å²) in [7, 11) is -2.66. The Morgan fingerprint density at radius 2 is 2.09 bits per heavy atom. The third kappa shape index (κ3) is 4.24. The molecule has 0 aliphatic rings. The highest BCUT2D eigenvalue weighted by Gasteiger charge is 2.31. The van der Waals surface area contributed by atoms with E-state index in [1.165, 1.54) is 25.3 Å². The Kier molecular flexibility index (Phi) is 6.42. The molecule has 0 amide bonds. The number of hydrogen-bond acceptors (Lipinski definition) is 6. The van der Waals surface area contributed by atoms with E-state index in [0.717, 1.165) is 4.31 Å². The van der Waals surface area contributed by atoms with Crippen LogP contribution in [0.4, 0.5) is 5.69 Å². The lowest BCUT2D eigenvalue weighted by Gasteiger charge is -2.20. The molecular formula is C13H17N3O5S. The molecule has 0 radical (unpaired) electrons. The van der Waals surface area contributed by atoms with Gasteiger partial charge in [-0.25, -0.2) is 8.42 Å². The number of hydrogen-bond donors (Lipinski definition) is 0. The summed E-state index contributed by atoms with van der Waals surface area (Å²) in [6.07, 6.45) is -0.0113. The maximum Gasteiger partial charge on any atom is 0.289 e. The average Bonchev–Trinajstić information content (AvgIpc) is 2.46. The second-order valence-corrected chi connectivity index (χ2v) is 6.44. The van der Waals surface area contributed by atoms with Crippen molar-refractivity contribution in [1.29, 1.82) is 5.26 Å². The number of ether oxygens (including phenoxy) is 1. The summed E-state index contributed by atoms with van der Waals surface area (Å²) in [5.74, 6) is 0. The maximum atomic E-state index is 12.6. The smallest absolute Gasteiger partial charge is 0.289 e. The van der Waals surface area contributed by atoms with Crippen LogP contribution in [0.15, 0.2) is 23.1 Å². The Morgan fingerprint density at radius 3 is 2.64 bits per heavy atom. The molecule has 0 fully saturated rings. The van der Waals surface area contributed by atoms with E-state index in [2.05, 4.69) is 0 Å². The van der Waals surface area contributed by atoms with Crippen LogP contribution in [0.1, 0.15) is 12.0 Å². The fraction of sp³-hybridized carbons (Fsp3) is 0.462. The van der Waals surface area contributed by atoms with Gasteiger partial charge in [0, 0.05) is 32.7 Å². The van der Waals surface area contributed by atoms with Crippen LogP contribution in [0.5, 0.6) is 0 Å². The van der Waals surface area contributed by atoms with E-state index in [1.807, 2.05) is 6.07 Å². The number of nitro groups is 1. The Balaban J connectivity index is 3.30. The molecule has 0 heterocycles. The van der Waals surface area contributed by atoms with Gasteiger partial charge in [-0.3, -0.25) is 10.1 Å². The minimum absolute atomic E-state index is 0.0113. The van der Waals surface area contributed by atoms with Crippen molar-refractivity contribution in [1.82, 2.24) is 4.31 Å². The highest BCUT2D eigenvalue weighted by molar-refractivity contribution is 7.89. The fourth-order valence-electron chi connectivity index (χ4n) is 1.85. The van der Waals surface area contributed by atoms with Crippen molar-refractivity contribution in [2.24, 2.45) is 0 Å². The van der Waals surface area contributed by atoms with E-state index in [4.69, 9.17) is 10.00 Å². The van der Waals surface area contributed by atoms with Crippen LogP contribution >= 0.6 is 0 Å². The molecule has 0 unspecified atom stereocenters. The SMILES string of the molecule is COCCN(CCC#N)S(=O)(=O)c1ccc(C)cc1[N+](=O)[O-]. The molecule has 22 heavy (non-hydrogen) atoms. The molecule has 8 nitrogen and oxygen atoms in total. The number of methoxy groups -OCH3 is 1. The van der Waals surface area contributed by atoms with Crippen LogP contribution in [0.2, 0.25) is 0 Å². The maximum absolute atomic E-state index is 12.6. The predicted molar refractivity (Wildman–Crippen MR) is 78.7 cm³/mol. The first-order valence-corrected chi connectivity index (χ1v) is 7.89. The quantitative estimate of drug-likeness (QED) is 0.527. The van der Waals surface area contributed by atoms with Crippen molar-refractivity contribution in [3.05, 3.63) is 33.9 Å². The molecule has 120 valence electrons. The highest BCUT2D eigenvalue weighted by atomic mass is 32.2. The van der Waals surface area contributed by atoms with Crippen LogP contribution in [0, 0.1) is 28.4 Å². The van der Waals surface area contributed by atoms with Crippen molar-refractivity contribution in [2.45, 2.75) is 18.2 Å². The van der Waals surface area contributed by atoms with E-state index < -0.39 is 20.6 Å².